The maximum absolute atomic E-state index is 12.9. The summed E-state index contributed by atoms with van der Waals surface area (Å²) in [5.41, 5.74) is 1.92. The Labute approximate surface area is 206 Å². The van der Waals surface area contributed by atoms with Crippen molar-refractivity contribution < 1.29 is 22.7 Å². The van der Waals surface area contributed by atoms with Crippen LogP contribution in [0, 0.1) is 18.3 Å². The Balaban J connectivity index is 1.54. The smallest absolute Gasteiger partial charge is 0.263 e. The lowest BCUT2D eigenvalue weighted by molar-refractivity contribution is -0.117. The number of carbonyl (C=O) groups is 1. The lowest BCUT2D eigenvalue weighted by atomic mass is 10.1. The second-order valence-corrected chi connectivity index (χ2v) is 10.0. The third kappa shape index (κ3) is 6.53. The van der Waals surface area contributed by atoms with Gasteiger partial charge in [0.2, 0.25) is 10.0 Å². The van der Waals surface area contributed by atoms with Crippen LogP contribution in [-0.2, 0) is 21.2 Å². The van der Waals surface area contributed by atoms with Crippen molar-refractivity contribution in [3.8, 4) is 17.6 Å². The summed E-state index contributed by atoms with van der Waals surface area (Å²) >= 11 is 0. The second-order valence-electron chi connectivity index (χ2n) is 8.10. The molecule has 9 nitrogen and oxygen atoms in total. The highest BCUT2D eigenvalue weighted by molar-refractivity contribution is 7.89. The number of piperazine rings is 1. The van der Waals surface area contributed by atoms with Crippen LogP contribution in [0.3, 0.4) is 0 Å². The van der Waals surface area contributed by atoms with Gasteiger partial charge in [-0.3, -0.25) is 4.79 Å². The summed E-state index contributed by atoms with van der Waals surface area (Å²) in [7, 11) is -0.449. The maximum atomic E-state index is 12.9. The fourth-order valence-corrected chi connectivity index (χ4v) is 5.13. The molecule has 0 atom stereocenters. The van der Waals surface area contributed by atoms with Gasteiger partial charge in [-0.25, -0.2) is 8.42 Å². The molecule has 0 bridgehead atoms. The second kappa shape index (κ2) is 11.7. The summed E-state index contributed by atoms with van der Waals surface area (Å²) in [6.07, 6.45) is 2.06. The molecule has 1 amide bonds. The van der Waals surface area contributed by atoms with Gasteiger partial charge in [-0.1, -0.05) is 23.8 Å². The highest BCUT2D eigenvalue weighted by Crippen LogP contribution is 2.27. The van der Waals surface area contributed by atoms with Gasteiger partial charge in [0.1, 0.15) is 11.6 Å². The average molecular weight is 499 g/mol. The van der Waals surface area contributed by atoms with Crippen LogP contribution in [0.4, 0.5) is 0 Å². The molecule has 2 aromatic carbocycles. The predicted molar refractivity (Wildman–Crippen MR) is 131 cm³/mol. The molecule has 1 N–H and O–H groups in total. The first-order valence-corrected chi connectivity index (χ1v) is 12.6. The van der Waals surface area contributed by atoms with Gasteiger partial charge in [-0.15, -0.1) is 0 Å². The number of aryl methyl sites for hydroxylation is 1. The van der Waals surface area contributed by atoms with E-state index in [1.807, 2.05) is 25.1 Å². The molecule has 1 saturated heterocycles. The standard InChI is InChI=1S/C25H30N4O5S/c1-19-4-7-22(8-5-19)35(31,32)29-14-12-28(13-15-29)18-21(17-26)25(30)27-11-10-20-6-9-23(33-2)24(16-20)34-3/h4-9,16,18H,10-15H2,1-3H3,(H,27,30)/b21-18-. The Morgan fingerprint density at radius 1 is 1.06 bits per heavy atom. The Morgan fingerprint density at radius 3 is 2.31 bits per heavy atom. The van der Waals surface area contributed by atoms with E-state index in [0.29, 0.717) is 37.6 Å². The fraction of sp³-hybridized carbons (Fsp3) is 0.360. The molecule has 3 rings (SSSR count). The number of nitrogens with one attached hydrogen (secondary N) is 1. The maximum Gasteiger partial charge on any atom is 0.263 e. The molecule has 0 aromatic heterocycles. The highest BCUT2D eigenvalue weighted by atomic mass is 32.2. The largest absolute Gasteiger partial charge is 0.493 e. The molecule has 1 aliphatic rings. The molecule has 0 saturated carbocycles. The Kier molecular flexibility index (Phi) is 8.73. The lowest BCUT2D eigenvalue weighted by Gasteiger charge is -2.33. The molecule has 10 heteroatoms. The van der Waals surface area contributed by atoms with Crippen LogP contribution in [0.5, 0.6) is 11.5 Å². The van der Waals surface area contributed by atoms with Crippen molar-refractivity contribution in [1.82, 2.24) is 14.5 Å². The highest BCUT2D eigenvalue weighted by Gasteiger charge is 2.28. The van der Waals surface area contributed by atoms with Crippen molar-refractivity contribution in [2.45, 2.75) is 18.2 Å². The van der Waals surface area contributed by atoms with Crippen LogP contribution in [0.1, 0.15) is 11.1 Å². The molecule has 0 spiro atoms. The molecule has 0 radical (unpaired) electrons. The number of methoxy groups -OCH3 is 2. The molecule has 0 aliphatic carbocycles. The summed E-state index contributed by atoms with van der Waals surface area (Å²) in [6, 6.07) is 14.2. The van der Waals surface area contributed by atoms with E-state index in [1.165, 1.54) is 10.5 Å². The number of carbonyl (C=O) groups excluding carboxylic acids is 1. The third-order valence-electron chi connectivity index (χ3n) is 5.76. The molecular weight excluding hydrogens is 468 g/mol. The molecule has 1 aliphatic heterocycles. The quantitative estimate of drug-likeness (QED) is 0.416. The first-order chi connectivity index (χ1) is 16.8. The Morgan fingerprint density at radius 2 is 1.71 bits per heavy atom. The van der Waals surface area contributed by atoms with Crippen molar-refractivity contribution >= 4 is 15.9 Å². The normalized spacial score (nSPS) is 14.8. The van der Waals surface area contributed by atoms with E-state index in [4.69, 9.17) is 9.47 Å². The summed E-state index contributed by atoms with van der Waals surface area (Å²) in [6.45, 7) is 3.56. The van der Waals surface area contributed by atoms with Crippen molar-refractivity contribution in [2.75, 3.05) is 46.9 Å². The van der Waals surface area contributed by atoms with E-state index >= 15 is 0 Å². The number of ether oxygens (including phenoxy) is 2. The number of nitrogens with zero attached hydrogens (tertiary/aromatic N) is 3. The minimum Gasteiger partial charge on any atom is -0.493 e. The summed E-state index contributed by atoms with van der Waals surface area (Å²) in [5.74, 6) is 0.766. The topological polar surface area (TPSA) is 112 Å². The molecule has 1 fully saturated rings. The van der Waals surface area contributed by atoms with Crippen LogP contribution in [-0.4, -0.2) is 70.5 Å². The zero-order valence-electron chi connectivity index (χ0n) is 20.2. The Hall–Kier alpha value is -3.55. The van der Waals surface area contributed by atoms with Gasteiger partial charge in [-0.05, 0) is 43.2 Å². The average Bonchev–Trinajstić information content (AvgIpc) is 2.87. The van der Waals surface area contributed by atoms with Crippen LogP contribution in [0.2, 0.25) is 0 Å². The number of nitriles is 1. The predicted octanol–water partition coefficient (Wildman–Crippen LogP) is 2.08. The van der Waals surface area contributed by atoms with E-state index in [2.05, 4.69) is 5.32 Å². The van der Waals surface area contributed by atoms with Gasteiger partial charge in [0.05, 0.1) is 19.1 Å². The van der Waals surface area contributed by atoms with Crippen molar-refractivity contribution in [3.05, 3.63) is 65.4 Å². The van der Waals surface area contributed by atoms with Gasteiger partial charge in [-0.2, -0.15) is 9.57 Å². The lowest BCUT2D eigenvalue weighted by Crippen LogP contribution is -2.47. The van der Waals surface area contributed by atoms with Gasteiger partial charge >= 0.3 is 0 Å². The number of hydrogen-bond acceptors (Lipinski definition) is 7. The minimum atomic E-state index is -3.58. The molecule has 35 heavy (non-hydrogen) atoms. The molecule has 186 valence electrons. The number of amides is 1. The number of rotatable bonds is 9. The number of sulfonamides is 1. The fourth-order valence-electron chi connectivity index (χ4n) is 3.70. The van der Waals surface area contributed by atoms with Crippen molar-refractivity contribution in [1.29, 1.82) is 5.26 Å². The van der Waals surface area contributed by atoms with Crippen LogP contribution in [0.25, 0.3) is 0 Å². The van der Waals surface area contributed by atoms with Gasteiger partial charge < -0.3 is 19.7 Å². The summed E-state index contributed by atoms with van der Waals surface area (Å²) in [4.78, 5) is 14.6. The van der Waals surface area contributed by atoms with Gasteiger partial charge in [0.25, 0.3) is 5.91 Å². The van der Waals surface area contributed by atoms with Crippen LogP contribution >= 0.6 is 0 Å². The SMILES string of the molecule is COc1ccc(CCNC(=O)/C(C#N)=C\N2CCN(S(=O)(=O)c3ccc(C)cc3)CC2)cc1OC. The first-order valence-electron chi connectivity index (χ1n) is 11.2. The number of hydrogen-bond donors (Lipinski definition) is 1. The zero-order chi connectivity index (χ0) is 25.4. The van der Waals surface area contributed by atoms with Crippen LogP contribution < -0.4 is 14.8 Å². The monoisotopic (exact) mass is 498 g/mol. The first kappa shape index (κ1) is 26.1. The third-order valence-corrected chi connectivity index (χ3v) is 7.67. The zero-order valence-corrected chi connectivity index (χ0v) is 21.0. The van der Waals surface area contributed by atoms with Crippen LogP contribution in [0.15, 0.2) is 59.1 Å². The summed E-state index contributed by atoms with van der Waals surface area (Å²) in [5, 5.41) is 12.2. The van der Waals surface area contributed by atoms with Crippen molar-refractivity contribution in [2.24, 2.45) is 0 Å². The Bertz CT molecular complexity index is 1210. The van der Waals surface area contributed by atoms with E-state index in [0.717, 1.165) is 11.1 Å². The molecular formula is C25H30N4O5S. The number of benzene rings is 2. The van der Waals surface area contributed by atoms with E-state index in [9.17, 15) is 18.5 Å². The van der Waals surface area contributed by atoms with Gasteiger partial charge in [0.15, 0.2) is 11.5 Å². The minimum absolute atomic E-state index is 0.0212. The van der Waals surface area contributed by atoms with E-state index < -0.39 is 15.9 Å². The molecule has 0 unspecified atom stereocenters. The van der Waals surface area contributed by atoms with E-state index in [1.54, 1.807) is 49.5 Å². The molecule has 2 aromatic rings. The van der Waals surface area contributed by atoms with Gasteiger partial charge in [0, 0.05) is 38.9 Å². The van der Waals surface area contributed by atoms with E-state index in [-0.39, 0.29) is 23.6 Å². The van der Waals surface area contributed by atoms with Crippen molar-refractivity contribution in [3.63, 3.8) is 0 Å². The molecule has 1 heterocycles. The summed E-state index contributed by atoms with van der Waals surface area (Å²) < 4.78 is 37.7.